The van der Waals surface area contributed by atoms with Crippen molar-refractivity contribution < 1.29 is 8.78 Å². The summed E-state index contributed by atoms with van der Waals surface area (Å²) in [5.41, 5.74) is 0.617. The fraction of sp³-hybridized carbons (Fsp3) is 0.647. The lowest BCUT2D eigenvalue weighted by molar-refractivity contribution is 0.550. The molecule has 0 fully saturated rings. The van der Waals surface area contributed by atoms with Gasteiger partial charge >= 0.3 is 0 Å². The molecule has 0 aliphatic carbocycles. The van der Waals surface area contributed by atoms with Gasteiger partial charge in [0.2, 0.25) is 0 Å². The van der Waals surface area contributed by atoms with Crippen molar-refractivity contribution in [2.75, 3.05) is 0 Å². The van der Waals surface area contributed by atoms with E-state index in [2.05, 4.69) is 6.92 Å². The van der Waals surface area contributed by atoms with Crippen LogP contribution in [0.4, 0.5) is 8.78 Å². The lowest BCUT2D eigenvalue weighted by Gasteiger charge is -2.12. The van der Waals surface area contributed by atoms with Crippen LogP contribution in [0.3, 0.4) is 0 Å². The van der Waals surface area contributed by atoms with E-state index in [9.17, 15) is 8.78 Å². The molecule has 1 rings (SSSR count). The monoisotopic (exact) mass is 302 g/mol. The zero-order valence-electron chi connectivity index (χ0n) is 12.5. The molecule has 0 aliphatic rings. The normalized spacial score (nSPS) is 12.7. The maximum atomic E-state index is 13.7. The van der Waals surface area contributed by atoms with E-state index in [1.807, 2.05) is 0 Å². The highest BCUT2D eigenvalue weighted by molar-refractivity contribution is 6.20. The van der Waals surface area contributed by atoms with Gasteiger partial charge < -0.3 is 0 Å². The van der Waals surface area contributed by atoms with Gasteiger partial charge in [-0.2, -0.15) is 0 Å². The predicted octanol–water partition coefficient (Wildman–Crippen LogP) is 6.69. The lowest BCUT2D eigenvalue weighted by atomic mass is 10.0. The predicted molar refractivity (Wildman–Crippen MR) is 82.3 cm³/mol. The molecule has 20 heavy (non-hydrogen) atoms. The third kappa shape index (κ3) is 5.78. The molecule has 0 radical (unpaired) electrons. The van der Waals surface area contributed by atoms with E-state index in [1.165, 1.54) is 44.2 Å². The van der Waals surface area contributed by atoms with Gasteiger partial charge in [-0.15, -0.1) is 11.6 Å². The van der Waals surface area contributed by atoms with Gasteiger partial charge in [0.25, 0.3) is 0 Å². The third-order valence-electron chi connectivity index (χ3n) is 3.68. The van der Waals surface area contributed by atoms with E-state index < -0.39 is 11.2 Å². The molecular formula is C17H25ClF2. The van der Waals surface area contributed by atoms with Crippen molar-refractivity contribution in [1.82, 2.24) is 0 Å². The van der Waals surface area contributed by atoms with Gasteiger partial charge in [0.05, 0.1) is 5.38 Å². The maximum Gasteiger partial charge on any atom is 0.128 e. The Morgan fingerprint density at radius 1 is 0.950 bits per heavy atom. The molecule has 1 atom stereocenters. The molecule has 1 unspecified atom stereocenters. The van der Waals surface area contributed by atoms with E-state index in [0.717, 1.165) is 12.8 Å². The first-order chi connectivity index (χ1) is 9.56. The van der Waals surface area contributed by atoms with Crippen LogP contribution in [-0.2, 0) is 0 Å². The van der Waals surface area contributed by atoms with Gasteiger partial charge in [0.1, 0.15) is 11.6 Å². The quantitative estimate of drug-likeness (QED) is 0.352. The second kappa shape index (κ2) is 9.33. The summed E-state index contributed by atoms with van der Waals surface area (Å²) in [6, 6.07) is 2.47. The van der Waals surface area contributed by atoms with Crippen LogP contribution in [0.15, 0.2) is 12.1 Å². The van der Waals surface area contributed by atoms with Gasteiger partial charge in [-0.1, -0.05) is 51.9 Å². The summed E-state index contributed by atoms with van der Waals surface area (Å²) in [6.07, 6.45) is 9.09. The van der Waals surface area contributed by atoms with Crippen molar-refractivity contribution in [3.05, 3.63) is 34.9 Å². The molecule has 1 aromatic carbocycles. The Labute approximate surface area is 126 Å². The Morgan fingerprint density at radius 2 is 1.55 bits per heavy atom. The van der Waals surface area contributed by atoms with Crippen LogP contribution in [0.5, 0.6) is 0 Å². The van der Waals surface area contributed by atoms with Crippen molar-refractivity contribution in [2.45, 2.75) is 70.6 Å². The number of hydrogen-bond donors (Lipinski definition) is 0. The minimum atomic E-state index is -0.430. The molecule has 0 N–H and O–H groups in total. The van der Waals surface area contributed by atoms with E-state index in [0.29, 0.717) is 17.5 Å². The van der Waals surface area contributed by atoms with Crippen LogP contribution in [0, 0.1) is 18.6 Å². The van der Waals surface area contributed by atoms with E-state index in [4.69, 9.17) is 11.6 Å². The molecule has 1 aromatic rings. The summed E-state index contributed by atoms with van der Waals surface area (Å²) >= 11 is 6.19. The summed E-state index contributed by atoms with van der Waals surface area (Å²) in [5, 5.41) is -0.430. The molecule has 114 valence electrons. The topological polar surface area (TPSA) is 0 Å². The number of aryl methyl sites for hydroxylation is 1. The maximum absolute atomic E-state index is 13.7. The van der Waals surface area contributed by atoms with Crippen molar-refractivity contribution in [2.24, 2.45) is 0 Å². The molecule has 0 spiro atoms. The van der Waals surface area contributed by atoms with Crippen LogP contribution < -0.4 is 0 Å². The standard InChI is InChI=1S/C17H25ClF2/c1-3-4-5-6-7-8-9-10-15(18)14-12-16(19)13(2)11-17(14)20/h11-12,15H,3-10H2,1-2H3. The number of hydrogen-bond acceptors (Lipinski definition) is 0. The zero-order valence-corrected chi connectivity index (χ0v) is 13.3. The summed E-state index contributed by atoms with van der Waals surface area (Å²) < 4.78 is 27.2. The third-order valence-corrected chi connectivity index (χ3v) is 4.13. The van der Waals surface area contributed by atoms with E-state index in [-0.39, 0.29) is 5.82 Å². The Morgan fingerprint density at radius 3 is 2.20 bits per heavy atom. The smallest absolute Gasteiger partial charge is 0.128 e. The average Bonchev–Trinajstić information content (AvgIpc) is 2.41. The highest BCUT2D eigenvalue weighted by Crippen LogP contribution is 2.30. The Kier molecular flexibility index (Phi) is 8.13. The molecule has 0 saturated carbocycles. The molecule has 0 nitrogen and oxygen atoms in total. The van der Waals surface area contributed by atoms with Gasteiger partial charge in [-0.3, -0.25) is 0 Å². The number of unbranched alkanes of at least 4 members (excludes halogenated alkanes) is 6. The zero-order chi connectivity index (χ0) is 15.0. The number of halogens is 3. The van der Waals surface area contributed by atoms with Crippen molar-refractivity contribution in [3.8, 4) is 0 Å². The minimum Gasteiger partial charge on any atom is -0.207 e. The average molecular weight is 303 g/mol. The first-order valence-electron chi connectivity index (χ1n) is 7.65. The summed E-state index contributed by atoms with van der Waals surface area (Å²) in [4.78, 5) is 0. The first kappa shape index (κ1) is 17.4. The molecule has 0 saturated heterocycles. The largest absolute Gasteiger partial charge is 0.207 e. The van der Waals surface area contributed by atoms with Crippen LogP contribution in [0.2, 0.25) is 0 Å². The van der Waals surface area contributed by atoms with Crippen LogP contribution in [-0.4, -0.2) is 0 Å². The van der Waals surface area contributed by atoms with Gasteiger partial charge in [-0.25, -0.2) is 8.78 Å². The van der Waals surface area contributed by atoms with Gasteiger partial charge in [0, 0.05) is 5.56 Å². The van der Waals surface area contributed by atoms with E-state index in [1.54, 1.807) is 6.92 Å². The molecule has 0 aromatic heterocycles. The summed E-state index contributed by atoms with van der Waals surface area (Å²) in [7, 11) is 0. The fourth-order valence-corrected chi connectivity index (χ4v) is 2.66. The van der Waals surface area contributed by atoms with Gasteiger partial charge in [0.15, 0.2) is 0 Å². The minimum absolute atomic E-state index is 0.292. The fourth-order valence-electron chi connectivity index (χ4n) is 2.34. The Hall–Kier alpha value is -0.630. The van der Waals surface area contributed by atoms with Crippen molar-refractivity contribution in [3.63, 3.8) is 0 Å². The molecular weight excluding hydrogens is 278 g/mol. The molecule has 0 bridgehead atoms. The summed E-state index contributed by atoms with van der Waals surface area (Å²) in [5.74, 6) is -0.779. The highest BCUT2D eigenvalue weighted by Gasteiger charge is 2.15. The molecule has 0 amide bonds. The second-order valence-corrected chi connectivity index (χ2v) is 6.03. The van der Waals surface area contributed by atoms with Crippen molar-refractivity contribution in [1.29, 1.82) is 0 Å². The van der Waals surface area contributed by atoms with Gasteiger partial charge in [-0.05, 0) is 31.0 Å². The SMILES string of the molecule is CCCCCCCCCC(Cl)c1cc(F)c(C)cc1F. The highest BCUT2D eigenvalue weighted by atomic mass is 35.5. The molecule has 0 aliphatic heterocycles. The van der Waals surface area contributed by atoms with Crippen LogP contribution in [0.1, 0.15) is 74.8 Å². The second-order valence-electron chi connectivity index (χ2n) is 5.50. The van der Waals surface area contributed by atoms with Crippen LogP contribution >= 0.6 is 11.6 Å². The number of alkyl halides is 1. The first-order valence-corrected chi connectivity index (χ1v) is 8.09. The Bertz CT molecular complexity index is 404. The van der Waals surface area contributed by atoms with Crippen LogP contribution in [0.25, 0.3) is 0 Å². The summed E-state index contributed by atoms with van der Waals surface area (Å²) in [6.45, 7) is 3.76. The number of benzene rings is 1. The number of rotatable bonds is 9. The van der Waals surface area contributed by atoms with E-state index >= 15 is 0 Å². The molecule has 0 heterocycles. The Balaban J connectivity index is 2.32. The molecule has 3 heteroatoms. The van der Waals surface area contributed by atoms with Crippen molar-refractivity contribution >= 4 is 11.6 Å². The lowest BCUT2D eigenvalue weighted by Crippen LogP contribution is -1.98.